The number of carboxylic acid groups (broad SMARTS) is 1. The maximum absolute atomic E-state index is 11.6. The smallest absolute Gasteiger partial charge is 0.326 e. The van der Waals surface area contributed by atoms with Crippen molar-refractivity contribution in [2.24, 2.45) is 0 Å². The van der Waals surface area contributed by atoms with Gasteiger partial charge in [-0.3, -0.25) is 0 Å². The van der Waals surface area contributed by atoms with Crippen molar-refractivity contribution in [3.8, 4) is 0 Å². The fourth-order valence-corrected chi connectivity index (χ4v) is 1.60. The molecule has 3 N–H and O–H groups in total. The van der Waals surface area contributed by atoms with Crippen LogP contribution in [0.2, 0.25) is 0 Å². The summed E-state index contributed by atoms with van der Waals surface area (Å²) in [5.74, 6) is -1.08. The zero-order valence-electron chi connectivity index (χ0n) is 8.80. The van der Waals surface area contributed by atoms with E-state index >= 15 is 0 Å². The Morgan fingerprint density at radius 3 is 2.53 bits per heavy atom. The lowest BCUT2D eigenvalue weighted by atomic mass is 10.2. The molecule has 6 heteroatoms. The standard InChI is InChI=1S/C9H16N2O4/c1-5(2)10-9(15)11-4-6(12)3-7(11)8(13)14/h5-7,12H,3-4H2,1-2H3,(H,10,15)(H,13,14)/t6-,7?/m1/s1. The van der Waals surface area contributed by atoms with E-state index in [0.717, 1.165) is 4.90 Å². The van der Waals surface area contributed by atoms with E-state index in [1.165, 1.54) is 0 Å². The van der Waals surface area contributed by atoms with Crippen molar-refractivity contribution in [3.63, 3.8) is 0 Å². The zero-order valence-corrected chi connectivity index (χ0v) is 8.80. The van der Waals surface area contributed by atoms with Crippen LogP contribution in [0.15, 0.2) is 0 Å². The number of carbonyl (C=O) groups excluding carboxylic acids is 1. The number of amides is 2. The minimum absolute atomic E-state index is 0.0512. The second-order valence-electron chi connectivity index (χ2n) is 4.00. The number of aliphatic carboxylic acids is 1. The summed E-state index contributed by atoms with van der Waals surface area (Å²) in [7, 11) is 0. The van der Waals surface area contributed by atoms with Crippen molar-refractivity contribution in [2.45, 2.75) is 38.5 Å². The predicted molar refractivity (Wildman–Crippen MR) is 52.4 cm³/mol. The van der Waals surface area contributed by atoms with Crippen LogP contribution in [0.25, 0.3) is 0 Å². The number of urea groups is 1. The van der Waals surface area contributed by atoms with Crippen LogP contribution in [0.1, 0.15) is 20.3 Å². The first kappa shape index (κ1) is 11.8. The van der Waals surface area contributed by atoms with E-state index in [0.29, 0.717) is 0 Å². The van der Waals surface area contributed by atoms with Gasteiger partial charge in [0.1, 0.15) is 6.04 Å². The number of aliphatic hydroxyl groups is 1. The van der Waals surface area contributed by atoms with Crippen LogP contribution < -0.4 is 5.32 Å². The van der Waals surface area contributed by atoms with E-state index in [2.05, 4.69) is 5.32 Å². The zero-order chi connectivity index (χ0) is 11.6. The van der Waals surface area contributed by atoms with Gasteiger partial charge >= 0.3 is 12.0 Å². The number of hydrogen-bond donors (Lipinski definition) is 3. The van der Waals surface area contributed by atoms with E-state index < -0.39 is 24.1 Å². The molecule has 1 rings (SSSR count). The third-order valence-electron chi connectivity index (χ3n) is 2.24. The molecule has 1 fully saturated rings. The van der Waals surface area contributed by atoms with Gasteiger partial charge in [-0.2, -0.15) is 0 Å². The van der Waals surface area contributed by atoms with E-state index in [1.807, 2.05) is 0 Å². The Hall–Kier alpha value is -1.30. The average Bonchev–Trinajstić information content (AvgIpc) is 2.46. The number of rotatable bonds is 2. The molecule has 0 bridgehead atoms. The van der Waals surface area contributed by atoms with Crippen molar-refractivity contribution in [2.75, 3.05) is 6.54 Å². The lowest BCUT2D eigenvalue weighted by Crippen LogP contribution is -2.48. The van der Waals surface area contributed by atoms with Crippen LogP contribution in [-0.2, 0) is 4.79 Å². The van der Waals surface area contributed by atoms with Crippen LogP contribution in [0.5, 0.6) is 0 Å². The summed E-state index contributed by atoms with van der Waals surface area (Å²) in [5, 5.41) is 20.8. The largest absolute Gasteiger partial charge is 0.480 e. The van der Waals surface area contributed by atoms with Crippen LogP contribution in [-0.4, -0.2) is 51.8 Å². The van der Waals surface area contributed by atoms with E-state index in [9.17, 15) is 14.7 Å². The number of β-amino-alcohol motifs (C(OH)–C–C–N with tert-alkyl or cyclic N) is 1. The molecule has 1 unspecified atom stereocenters. The van der Waals surface area contributed by atoms with E-state index in [4.69, 9.17) is 5.11 Å². The second kappa shape index (κ2) is 4.48. The highest BCUT2D eigenvalue weighted by Crippen LogP contribution is 2.18. The van der Waals surface area contributed by atoms with Gasteiger partial charge in [-0.05, 0) is 13.8 Å². The van der Waals surface area contributed by atoms with Gasteiger partial charge in [0.05, 0.1) is 6.10 Å². The minimum atomic E-state index is -1.08. The third-order valence-corrected chi connectivity index (χ3v) is 2.24. The molecule has 2 amide bonds. The molecule has 0 aromatic heterocycles. The first-order valence-corrected chi connectivity index (χ1v) is 4.89. The molecule has 1 aliphatic rings. The molecule has 6 nitrogen and oxygen atoms in total. The number of nitrogens with zero attached hydrogens (tertiary/aromatic N) is 1. The molecule has 0 aliphatic carbocycles. The summed E-state index contributed by atoms with van der Waals surface area (Å²) in [6.07, 6.45) is -0.648. The van der Waals surface area contributed by atoms with Crippen LogP contribution in [0.4, 0.5) is 4.79 Å². The Labute approximate surface area is 87.9 Å². The molecular formula is C9H16N2O4. The highest BCUT2D eigenvalue weighted by Gasteiger charge is 2.38. The van der Waals surface area contributed by atoms with E-state index in [1.54, 1.807) is 13.8 Å². The molecule has 1 heterocycles. The van der Waals surface area contributed by atoms with Gasteiger partial charge in [0.15, 0.2) is 0 Å². The van der Waals surface area contributed by atoms with Crippen molar-refractivity contribution in [3.05, 3.63) is 0 Å². The molecule has 1 aliphatic heterocycles. The maximum atomic E-state index is 11.6. The number of hydrogen-bond acceptors (Lipinski definition) is 3. The molecular weight excluding hydrogens is 200 g/mol. The van der Waals surface area contributed by atoms with Gasteiger partial charge in [0.25, 0.3) is 0 Å². The van der Waals surface area contributed by atoms with Crippen molar-refractivity contribution >= 4 is 12.0 Å². The second-order valence-corrected chi connectivity index (χ2v) is 4.00. The Morgan fingerprint density at radius 2 is 2.07 bits per heavy atom. The Kier molecular flexibility index (Phi) is 3.52. The molecule has 2 atom stereocenters. The van der Waals surface area contributed by atoms with Gasteiger partial charge in [-0.25, -0.2) is 9.59 Å². The van der Waals surface area contributed by atoms with E-state index in [-0.39, 0.29) is 19.0 Å². The van der Waals surface area contributed by atoms with Crippen molar-refractivity contribution < 1.29 is 19.8 Å². The SMILES string of the molecule is CC(C)NC(=O)N1C[C@H](O)CC1C(=O)O. The lowest BCUT2D eigenvalue weighted by Gasteiger charge is -2.22. The van der Waals surface area contributed by atoms with Crippen LogP contribution in [0.3, 0.4) is 0 Å². The molecule has 0 aromatic carbocycles. The number of likely N-dealkylation sites (tertiary alicyclic amines) is 1. The molecule has 1 saturated heterocycles. The van der Waals surface area contributed by atoms with Crippen LogP contribution >= 0.6 is 0 Å². The number of aliphatic hydroxyl groups excluding tert-OH is 1. The molecule has 0 saturated carbocycles. The van der Waals surface area contributed by atoms with Crippen molar-refractivity contribution in [1.82, 2.24) is 10.2 Å². The van der Waals surface area contributed by atoms with Gasteiger partial charge in [0, 0.05) is 19.0 Å². The topological polar surface area (TPSA) is 89.9 Å². The first-order valence-electron chi connectivity index (χ1n) is 4.89. The summed E-state index contributed by atoms with van der Waals surface area (Å²) >= 11 is 0. The monoisotopic (exact) mass is 216 g/mol. The average molecular weight is 216 g/mol. The molecule has 0 aromatic rings. The normalized spacial score (nSPS) is 25.7. The summed E-state index contributed by atoms with van der Waals surface area (Å²) in [6.45, 7) is 3.66. The Bertz CT molecular complexity index is 267. The highest BCUT2D eigenvalue weighted by atomic mass is 16.4. The lowest BCUT2D eigenvalue weighted by molar-refractivity contribution is -0.141. The summed E-state index contributed by atoms with van der Waals surface area (Å²) in [5.41, 5.74) is 0. The summed E-state index contributed by atoms with van der Waals surface area (Å²) in [6, 6.07) is -1.41. The van der Waals surface area contributed by atoms with Gasteiger partial charge < -0.3 is 20.4 Å². The van der Waals surface area contributed by atoms with Crippen LogP contribution in [0, 0.1) is 0 Å². The number of carboxylic acids is 1. The Balaban J connectivity index is 2.66. The predicted octanol–water partition coefficient (Wildman–Crippen LogP) is -0.376. The molecule has 0 spiro atoms. The van der Waals surface area contributed by atoms with Gasteiger partial charge in [-0.15, -0.1) is 0 Å². The van der Waals surface area contributed by atoms with Gasteiger partial charge in [0.2, 0.25) is 0 Å². The fourth-order valence-electron chi connectivity index (χ4n) is 1.60. The molecule has 0 radical (unpaired) electrons. The number of nitrogens with one attached hydrogen (secondary N) is 1. The van der Waals surface area contributed by atoms with Gasteiger partial charge in [-0.1, -0.05) is 0 Å². The highest BCUT2D eigenvalue weighted by molar-refractivity contribution is 5.83. The molecule has 86 valence electrons. The maximum Gasteiger partial charge on any atom is 0.326 e. The molecule has 15 heavy (non-hydrogen) atoms. The summed E-state index contributed by atoms with van der Waals surface area (Å²) in [4.78, 5) is 23.5. The first-order chi connectivity index (χ1) is 6.91. The number of carbonyl (C=O) groups is 2. The third kappa shape index (κ3) is 2.82. The quantitative estimate of drug-likeness (QED) is 0.587. The van der Waals surface area contributed by atoms with Crippen molar-refractivity contribution in [1.29, 1.82) is 0 Å². The minimum Gasteiger partial charge on any atom is -0.480 e. The Morgan fingerprint density at radius 1 is 1.47 bits per heavy atom. The summed E-state index contributed by atoms with van der Waals surface area (Å²) < 4.78 is 0. The fraction of sp³-hybridized carbons (Fsp3) is 0.778.